The average molecular weight is 295 g/mol. The number of nitrogens with one attached hydrogen (secondary N) is 1. The number of rotatable bonds is 5. The third-order valence-corrected chi connectivity index (χ3v) is 2.86. The molecule has 0 spiro atoms. The minimum Gasteiger partial charge on any atom is -0.507 e. The van der Waals surface area contributed by atoms with Crippen molar-refractivity contribution in [2.45, 2.75) is 39.7 Å². The second kappa shape index (κ2) is 6.47. The Balaban J connectivity index is 2.92. The highest BCUT2D eigenvalue weighted by atomic mass is 16.4. The number of carboxylic acid groups (broad SMARTS) is 1. The molecule has 116 valence electrons. The maximum absolute atomic E-state index is 12.1. The Labute approximate surface area is 123 Å². The van der Waals surface area contributed by atoms with Gasteiger partial charge in [0, 0.05) is 6.04 Å². The Morgan fingerprint density at radius 2 is 1.71 bits per heavy atom. The summed E-state index contributed by atoms with van der Waals surface area (Å²) in [7, 11) is 0. The van der Waals surface area contributed by atoms with Crippen LogP contribution in [-0.4, -0.2) is 33.2 Å². The standard InChI is InChI=1S/C15H21NO5/c1-15(2,3)8-9(7-12(19)20)16-14(21)13-10(17)5-4-6-11(13)18/h4-6,9,17-18H,7-8H2,1-3H3,(H,16,21)(H,19,20). The van der Waals surface area contributed by atoms with Gasteiger partial charge in [-0.15, -0.1) is 0 Å². The van der Waals surface area contributed by atoms with E-state index >= 15 is 0 Å². The number of hydrogen-bond donors (Lipinski definition) is 4. The van der Waals surface area contributed by atoms with Gasteiger partial charge >= 0.3 is 5.97 Å². The van der Waals surface area contributed by atoms with Crippen LogP contribution in [0.4, 0.5) is 0 Å². The fourth-order valence-corrected chi connectivity index (χ4v) is 2.14. The second-order valence-electron chi connectivity index (χ2n) is 6.20. The fraction of sp³-hybridized carbons (Fsp3) is 0.467. The van der Waals surface area contributed by atoms with Gasteiger partial charge in [-0.05, 0) is 24.0 Å². The molecule has 1 unspecified atom stereocenters. The molecule has 0 bridgehead atoms. The molecule has 0 aromatic heterocycles. The summed E-state index contributed by atoms with van der Waals surface area (Å²) in [6, 6.07) is 3.38. The topological polar surface area (TPSA) is 107 Å². The van der Waals surface area contributed by atoms with Crippen LogP contribution in [0.2, 0.25) is 0 Å². The molecular weight excluding hydrogens is 274 g/mol. The van der Waals surface area contributed by atoms with Gasteiger partial charge in [-0.1, -0.05) is 26.8 Å². The third kappa shape index (κ3) is 5.33. The van der Waals surface area contributed by atoms with Crippen LogP contribution in [0.1, 0.15) is 44.0 Å². The van der Waals surface area contributed by atoms with Gasteiger partial charge < -0.3 is 20.6 Å². The first kappa shape index (κ1) is 16.8. The molecule has 1 amide bonds. The number of carbonyl (C=O) groups is 2. The lowest BCUT2D eigenvalue weighted by atomic mass is 9.87. The molecule has 0 aliphatic rings. The normalized spacial score (nSPS) is 12.7. The number of amides is 1. The van der Waals surface area contributed by atoms with Gasteiger partial charge in [-0.2, -0.15) is 0 Å². The molecule has 4 N–H and O–H groups in total. The van der Waals surface area contributed by atoms with E-state index in [0.29, 0.717) is 6.42 Å². The van der Waals surface area contributed by atoms with Crippen molar-refractivity contribution >= 4 is 11.9 Å². The lowest BCUT2D eigenvalue weighted by molar-refractivity contribution is -0.137. The van der Waals surface area contributed by atoms with E-state index in [0.717, 1.165) is 0 Å². The first-order chi connectivity index (χ1) is 9.60. The first-order valence-electron chi connectivity index (χ1n) is 6.64. The van der Waals surface area contributed by atoms with Crippen LogP contribution in [0.15, 0.2) is 18.2 Å². The molecule has 0 heterocycles. The SMILES string of the molecule is CC(C)(C)CC(CC(=O)O)NC(=O)c1c(O)cccc1O. The van der Waals surface area contributed by atoms with E-state index in [1.54, 1.807) is 0 Å². The summed E-state index contributed by atoms with van der Waals surface area (Å²) in [6.07, 6.45) is 0.233. The van der Waals surface area contributed by atoms with Gasteiger partial charge in [-0.25, -0.2) is 0 Å². The number of aromatic hydroxyl groups is 2. The largest absolute Gasteiger partial charge is 0.507 e. The lowest BCUT2D eigenvalue weighted by Gasteiger charge is -2.26. The Kier molecular flexibility index (Phi) is 5.18. The van der Waals surface area contributed by atoms with Gasteiger partial charge in [0.15, 0.2) is 0 Å². The highest BCUT2D eigenvalue weighted by Gasteiger charge is 2.25. The summed E-state index contributed by atoms with van der Waals surface area (Å²) >= 11 is 0. The lowest BCUT2D eigenvalue weighted by Crippen LogP contribution is -2.39. The second-order valence-corrected chi connectivity index (χ2v) is 6.20. The number of aliphatic carboxylic acids is 1. The van der Waals surface area contributed by atoms with E-state index in [1.165, 1.54) is 18.2 Å². The van der Waals surface area contributed by atoms with Gasteiger partial charge in [0.1, 0.15) is 17.1 Å². The molecule has 0 aliphatic carbocycles. The number of benzene rings is 1. The third-order valence-electron chi connectivity index (χ3n) is 2.86. The maximum atomic E-state index is 12.1. The average Bonchev–Trinajstić information content (AvgIpc) is 2.24. The zero-order valence-electron chi connectivity index (χ0n) is 12.4. The van der Waals surface area contributed by atoms with Gasteiger partial charge in [0.2, 0.25) is 0 Å². The van der Waals surface area contributed by atoms with E-state index < -0.39 is 17.9 Å². The van der Waals surface area contributed by atoms with Crippen LogP contribution >= 0.6 is 0 Å². The van der Waals surface area contributed by atoms with Crippen molar-refractivity contribution in [3.63, 3.8) is 0 Å². The molecule has 0 aliphatic heterocycles. The van der Waals surface area contributed by atoms with Crippen molar-refractivity contribution in [1.82, 2.24) is 5.32 Å². The predicted molar refractivity (Wildman–Crippen MR) is 77.4 cm³/mol. The quantitative estimate of drug-likeness (QED) is 0.665. The van der Waals surface area contributed by atoms with Crippen LogP contribution in [0.5, 0.6) is 11.5 Å². The molecule has 0 saturated heterocycles. The van der Waals surface area contributed by atoms with E-state index in [2.05, 4.69) is 5.32 Å². The summed E-state index contributed by atoms with van der Waals surface area (Å²) in [5, 5.41) is 30.8. The van der Waals surface area contributed by atoms with Crippen LogP contribution in [0.25, 0.3) is 0 Å². The smallest absolute Gasteiger partial charge is 0.305 e. The minimum atomic E-state index is -1.02. The Morgan fingerprint density at radius 1 is 1.19 bits per heavy atom. The van der Waals surface area contributed by atoms with Gasteiger partial charge in [-0.3, -0.25) is 9.59 Å². The molecule has 6 heteroatoms. The summed E-state index contributed by atoms with van der Waals surface area (Å²) < 4.78 is 0. The van der Waals surface area contributed by atoms with Crippen molar-refractivity contribution in [1.29, 1.82) is 0 Å². The molecule has 0 fully saturated rings. The number of carboxylic acids is 1. The summed E-state index contributed by atoms with van der Waals surface area (Å²) in [5.74, 6) is -2.41. The summed E-state index contributed by atoms with van der Waals surface area (Å²) in [6.45, 7) is 5.81. The van der Waals surface area contributed by atoms with Crippen molar-refractivity contribution in [2.75, 3.05) is 0 Å². The highest BCUT2D eigenvalue weighted by Crippen LogP contribution is 2.27. The van der Waals surface area contributed by atoms with Crippen LogP contribution < -0.4 is 5.32 Å². The fourth-order valence-electron chi connectivity index (χ4n) is 2.14. The van der Waals surface area contributed by atoms with Crippen molar-refractivity contribution in [3.05, 3.63) is 23.8 Å². The van der Waals surface area contributed by atoms with E-state index in [1.807, 2.05) is 20.8 Å². The monoisotopic (exact) mass is 295 g/mol. The molecule has 1 rings (SSSR count). The number of phenols is 2. The summed E-state index contributed by atoms with van der Waals surface area (Å²) in [4.78, 5) is 23.0. The van der Waals surface area contributed by atoms with Gasteiger partial charge in [0.25, 0.3) is 5.91 Å². The first-order valence-corrected chi connectivity index (χ1v) is 6.64. The molecule has 1 aromatic carbocycles. The molecule has 0 radical (unpaired) electrons. The molecule has 1 atom stereocenters. The molecule has 6 nitrogen and oxygen atoms in total. The number of hydrogen-bond acceptors (Lipinski definition) is 4. The number of phenolic OH excluding ortho intramolecular Hbond substituents is 2. The maximum Gasteiger partial charge on any atom is 0.305 e. The molecule has 21 heavy (non-hydrogen) atoms. The Morgan fingerprint density at radius 3 is 2.14 bits per heavy atom. The Bertz CT molecular complexity index is 513. The van der Waals surface area contributed by atoms with Crippen molar-refractivity contribution in [3.8, 4) is 11.5 Å². The molecular formula is C15H21NO5. The zero-order valence-corrected chi connectivity index (χ0v) is 12.4. The van der Waals surface area contributed by atoms with Crippen LogP contribution in [0.3, 0.4) is 0 Å². The Hall–Kier alpha value is -2.24. The van der Waals surface area contributed by atoms with Crippen molar-refractivity contribution in [2.24, 2.45) is 5.41 Å². The van der Waals surface area contributed by atoms with E-state index in [-0.39, 0.29) is 28.9 Å². The minimum absolute atomic E-state index is 0.172. The van der Waals surface area contributed by atoms with E-state index in [4.69, 9.17) is 5.11 Å². The molecule has 1 aromatic rings. The van der Waals surface area contributed by atoms with E-state index in [9.17, 15) is 19.8 Å². The molecule has 0 saturated carbocycles. The highest BCUT2D eigenvalue weighted by molar-refractivity contribution is 5.99. The van der Waals surface area contributed by atoms with Crippen LogP contribution in [-0.2, 0) is 4.79 Å². The van der Waals surface area contributed by atoms with Crippen molar-refractivity contribution < 1.29 is 24.9 Å². The predicted octanol–water partition coefficient (Wildman–Crippen LogP) is 2.11. The van der Waals surface area contributed by atoms with Gasteiger partial charge in [0.05, 0.1) is 6.42 Å². The number of carbonyl (C=O) groups excluding carboxylic acids is 1. The summed E-state index contributed by atoms with van der Waals surface area (Å²) in [5.41, 5.74) is -0.421. The zero-order chi connectivity index (χ0) is 16.2. The van der Waals surface area contributed by atoms with Crippen LogP contribution in [0, 0.1) is 5.41 Å².